The Morgan fingerprint density at radius 1 is 1.10 bits per heavy atom. The Labute approximate surface area is 180 Å². The van der Waals surface area contributed by atoms with Gasteiger partial charge in [-0.05, 0) is 37.1 Å². The number of hydrogen-bond acceptors (Lipinski definition) is 4. The summed E-state index contributed by atoms with van der Waals surface area (Å²) in [7, 11) is 0. The zero-order valence-electron chi connectivity index (χ0n) is 15.8. The van der Waals surface area contributed by atoms with Crippen molar-refractivity contribution >= 4 is 27.8 Å². The second kappa shape index (κ2) is 7.70. The number of oxazole rings is 1. The molecule has 8 heteroatoms. The van der Waals surface area contributed by atoms with Gasteiger partial charge in [-0.15, -0.1) is 0 Å². The molecule has 152 valence electrons. The second-order valence-electron chi connectivity index (χ2n) is 7.25. The van der Waals surface area contributed by atoms with Crippen molar-refractivity contribution in [2.24, 2.45) is 0 Å². The summed E-state index contributed by atoms with van der Waals surface area (Å²) < 4.78 is 20.2. The average molecular weight is 469 g/mol. The van der Waals surface area contributed by atoms with E-state index in [-0.39, 0.29) is 18.0 Å². The van der Waals surface area contributed by atoms with E-state index in [1.807, 2.05) is 30.3 Å². The maximum absolute atomic E-state index is 13.3. The van der Waals surface area contributed by atoms with Gasteiger partial charge in [-0.3, -0.25) is 5.32 Å². The van der Waals surface area contributed by atoms with Crippen LogP contribution in [0.3, 0.4) is 0 Å². The third-order valence-corrected chi connectivity index (χ3v) is 5.62. The van der Waals surface area contributed by atoms with Gasteiger partial charge in [0, 0.05) is 27.9 Å². The van der Waals surface area contributed by atoms with Crippen LogP contribution in [-0.2, 0) is 0 Å². The maximum Gasteiger partial charge on any atom is 0.328 e. The predicted molar refractivity (Wildman–Crippen MR) is 115 cm³/mol. The van der Waals surface area contributed by atoms with Crippen molar-refractivity contribution < 1.29 is 13.6 Å². The summed E-state index contributed by atoms with van der Waals surface area (Å²) in [5.41, 5.74) is 1.40. The van der Waals surface area contributed by atoms with E-state index in [4.69, 9.17) is 4.42 Å². The molecule has 2 amide bonds. The SMILES string of the molecule is O=C1NC(NC2CC2)C(Br)=CN1c1nc(-c2ccc(F)cc2)oc1-c1ccccc1. The van der Waals surface area contributed by atoms with Crippen LogP contribution in [-0.4, -0.2) is 23.2 Å². The second-order valence-corrected chi connectivity index (χ2v) is 8.17. The number of amides is 2. The normalized spacial score (nSPS) is 18.9. The fourth-order valence-corrected chi connectivity index (χ4v) is 3.70. The number of rotatable bonds is 5. The van der Waals surface area contributed by atoms with E-state index >= 15 is 0 Å². The molecule has 5 rings (SSSR count). The number of aromatic nitrogens is 1. The van der Waals surface area contributed by atoms with Gasteiger partial charge in [0.25, 0.3) is 0 Å². The first-order chi connectivity index (χ1) is 14.6. The van der Waals surface area contributed by atoms with E-state index in [1.165, 1.54) is 17.0 Å². The minimum atomic E-state index is -0.342. The van der Waals surface area contributed by atoms with Crippen molar-refractivity contribution in [1.29, 1.82) is 0 Å². The van der Waals surface area contributed by atoms with Crippen molar-refractivity contribution in [3.05, 3.63) is 71.1 Å². The van der Waals surface area contributed by atoms with Crippen LogP contribution in [0.15, 0.2) is 69.7 Å². The van der Waals surface area contributed by atoms with Crippen LogP contribution in [0.5, 0.6) is 0 Å². The smallest absolute Gasteiger partial charge is 0.328 e. The summed E-state index contributed by atoms with van der Waals surface area (Å²) in [4.78, 5) is 18.9. The first kappa shape index (κ1) is 19.0. The summed E-state index contributed by atoms with van der Waals surface area (Å²) in [6.45, 7) is 0. The Morgan fingerprint density at radius 3 is 2.53 bits per heavy atom. The summed E-state index contributed by atoms with van der Waals surface area (Å²) in [5.74, 6) is 0.778. The summed E-state index contributed by atoms with van der Waals surface area (Å²) in [5, 5.41) is 6.33. The number of carbonyl (C=O) groups excluding carboxylic acids is 1. The monoisotopic (exact) mass is 468 g/mol. The third-order valence-electron chi connectivity index (χ3n) is 4.96. The zero-order valence-corrected chi connectivity index (χ0v) is 17.4. The van der Waals surface area contributed by atoms with Gasteiger partial charge >= 0.3 is 6.03 Å². The lowest BCUT2D eigenvalue weighted by atomic mass is 10.1. The van der Waals surface area contributed by atoms with Crippen molar-refractivity contribution in [1.82, 2.24) is 15.6 Å². The van der Waals surface area contributed by atoms with Gasteiger partial charge in [0.2, 0.25) is 5.89 Å². The lowest BCUT2D eigenvalue weighted by Crippen LogP contribution is -2.54. The fourth-order valence-electron chi connectivity index (χ4n) is 3.25. The highest BCUT2D eigenvalue weighted by Crippen LogP contribution is 2.37. The number of urea groups is 1. The molecule has 2 heterocycles. The molecule has 2 aliphatic rings. The molecule has 1 aliphatic heterocycles. The molecule has 0 saturated heterocycles. The Bertz CT molecular complexity index is 1110. The van der Waals surface area contributed by atoms with Gasteiger partial charge in [-0.1, -0.05) is 46.3 Å². The van der Waals surface area contributed by atoms with E-state index < -0.39 is 0 Å². The van der Waals surface area contributed by atoms with Crippen LogP contribution in [0, 0.1) is 5.82 Å². The van der Waals surface area contributed by atoms with E-state index in [2.05, 4.69) is 31.5 Å². The zero-order chi connectivity index (χ0) is 20.7. The van der Waals surface area contributed by atoms with Crippen LogP contribution >= 0.6 is 15.9 Å². The molecule has 0 bridgehead atoms. The van der Waals surface area contributed by atoms with Gasteiger partial charge in [0.05, 0.1) is 0 Å². The van der Waals surface area contributed by atoms with Crippen LogP contribution in [0.2, 0.25) is 0 Å². The summed E-state index contributed by atoms with van der Waals surface area (Å²) >= 11 is 3.56. The lowest BCUT2D eigenvalue weighted by Gasteiger charge is -2.29. The van der Waals surface area contributed by atoms with Gasteiger partial charge in [-0.25, -0.2) is 14.1 Å². The topological polar surface area (TPSA) is 70.4 Å². The highest BCUT2D eigenvalue weighted by Gasteiger charge is 2.34. The molecule has 0 radical (unpaired) electrons. The standard InChI is InChI=1S/C22H18BrFN4O2/c23-17-12-28(22(29)26-19(17)25-16-10-11-16)20-18(13-4-2-1-3-5-13)30-21(27-20)14-6-8-15(24)9-7-14/h1-9,12,16,19,25H,10-11H2,(H,26,29). The molecule has 1 unspecified atom stereocenters. The first-order valence-electron chi connectivity index (χ1n) is 9.63. The largest absolute Gasteiger partial charge is 0.434 e. The van der Waals surface area contributed by atoms with Crippen molar-refractivity contribution in [2.45, 2.75) is 25.0 Å². The molecule has 1 atom stereocenters. The van der Waals surface area contributed by atoms with Crippen molar-refractivity contribution in [3.8, 4) is 22.8 Å². The van der Waals surface area contributed by atoms with Gasteiger partial charge in [-0.2, -0.15) is 4.98 Å². The van der Waals surface area contributed by atoms with E-state index in [0.29, 0.717) is 29.1 Å². The lowest BCUT2D eigenvalue weighted by molar-refractivity contribution is 0.242. The molecule has 1 fully saturated rings. The molecular formula is C22H18BrFN4O2. The highest BCUT2D eigenvalue weighted by molar-refractivity contribution is 9.11. The fraction of sp³-hybridized carbons (Fsp3) is 0.182. The molecule has 2 N–H and O–H groups in total. The maximum atomic E-state index is 13.3. The number of halogens is 2. The average Bonchev–Trinajstić information content (AvgIpc) is 3.47. The predicted octanol–water partition coefficient (Wildman–Crippen LogP) is 4.99. The van der Waals surface area contributed by atoms with Crippen LogP contribution < -0.4 is 15.5 Å². The molecule has 30 heavy (non-hydrogen) atoms. The van der Waals surface area contributed by atoms with E-state index in [0.717, 1.165) is 22.9 Å². The van der Waals surface area contributed by atoms with Crippen LogP contribution in [0.25, 0.3) is 22.8 Å². The van der Waals surface area contributed by atoms with E-state index in [1.54, 1.807) is 18.3 Å². The highest BCUT2D eigenvalue weighted by atomic mass is 79.9. The molecule has 1 aromatic heterocycles. The third kappa shape index (κ3) is 3.76. The molecule has 6 nitrogen and oxygen atoms in total. The number of benzene rings is 2. The number of nitrogens with one attached hydrogen (secondary N) is 2. The van der Waals surface area contributed by atoms with Crippen molar-refractivity contribution in [2.75, 3.05) is 4.90 Å². The molecule has 2 aromatic carbocycles. The molecule has 0 spiro atoms. The quantitative estimate of drug-likeness (QED) is 0.553. The molecule has 1 saturated carbocycles. The van der Waals surface area contributed by atoms with E-state index in [9.17, 15) is 9.18 Å². The molecular weight excluding hydrogens is 451 g/mol. The summed E-state index contributed by atoms with van der Waals surface area (Å²) in [6, 6.07) is 15.4. The van der Waals surface area contributed by atoms with Crippen molar-refractivity contribution in [3.63, 3.8) is 0 Å². The number of carbonyl (C=O) groups is 1. The number of hydrogen-bond donors (Lipinski definition) is 2. The van der Waals surface area contributed by atoms with Gasteiger partial charge < -0.3 is 9.73 Å². The van der Waals surface area contributed by atoms with Crippen LogP contribution in [0.4, 0.5) is 15.0 Å². The number of nitrogens with zero attached hydrogens (tertiary/aromatic N) is 2. The summed E-state index contributed by atoms with van der Waals surface area (Å²) in [6.07, 6.45) is 3.65. The van der Waals surface area contributed by atoms with Crippen LogP contribution in [0.1, 0.15) is 12.8 Å². The first-order valence-corrected chi connectivity index (χ1v) is 10.4. The Balaban J connectivity index is 1.57. The Hall–Kier alpha value is -2.97. The minimum Gasteiger partial charge on any atom is -0.434 e. The van der Waals surface area contributed by atoms with Gasteiger partial charge in [0.15, 0.2) is 11.6 Å². The Morgan fingerprint density at radius 2 is 1.83 bits per heavy atom. The molecule has 3 aromatic rings. The minimum absolute atomic E-state index is 0.273. The number of anilines is 1. The Kier molecular flexibility index (Phi) is 4.88. The van der Waals surface area contributed by atoms with Gasteiger partial charge in [0.1, 0.15) is 12.0 Å². The molecule has 1 aliphatic carbocycles.